The number of aryl methyl sites for hydroxylation is 1. The first-order valence-electron chi connectivity index (χ1n) is 6.94. The number of benzene rings is 1. The fraction of sp³-hybridized carbons (Fsp3) is 0.125. The summed E-state index contributed by atoms with van der Waals surface area (Å²) >= 11 is 2.72. The van der Waals surface area contributed by atoms with Gasteiger partial charge in [0, 0.05) is 22.8 Å². The predicted octanol–water partition coefficient (Wildman–Crippen LogP) is 3.64. The maximum absolute atomic E-state index is 12.0. The van der Waals surface area contributed by atoms with E-state index in [0.29, 0.717) is 10.3 Å². The fourth-order valence-corrected chi connectivity index (χ4v) is 3.27. The van der Waals surface area contributed by atoms with Crippen LogP contribution in [0.2, 0.25) is 0 Å². The van der Waals surface area contributed by atoms with Crippen LogP contribution in [-0.2, 0) is 4.79 Å². The van der Waals surface area contributed by atoms with E-state index in [-0.39, 0.29) is 11.7 Å². The van der Waals surface area contributed by atoms with Gasteiger partial charge in [0.25, 0.3) is 0 Å². The second-order valence-electron chi connectivity index (χ2n) is 4.72. The third-order valence-electron chi connectivity index (χ3n) is 2.93. The number of amides is 1. The molecule has 5 nitrogen and oxygen atoms in total. The van der Waals surface area contributed by atoms with Crippen LogP contribution in [0, 0.1) is 6.92 Å². The lowest BCUT2D eigenvalue weighted by atomic mass is 10.2. The van der Waals surface area contributed by atoms with Gasteiger partial charge in [-0.3, -0.25) is 4.79 Å². The first kappa shape index (κ1) is 15.6. The highest BCUT2D eigenvalue weighted by Gasteiger charge is 2.09. The summed E-state index contributed by atoms with van der Waals surface area (Å²) in [6.07, 6.45) is 1.69. The van der Waals surface area contributed by atoms with Gasteiger partial charge < -0.3 is 5.32 Å². The summed E-state index contributed by atoms with van der Waals surface area (Å²) in [5.41, 5.74) is 2.78. The molecular weight excluding hydrogens is 328 g/mol. The number of carbonyl (C=O) groups excluding carboxylic acids is 1. The molecule has 0 unspecified atom stereocenters. The minimum Gasteiger partial charge on any atom is -0.301 e. The van der Waals surface area contributed by atoms with E-state index >= 15 is 0 Å². The van der Waals surface area contributed by atoms with Crippen molar-refractivity contribution in [2.75, 3.05) is 11.1 Å². The third-order valence-corrected chi connectivity index (χ3v) is 4.54. The van der Waals surface area contributed by atoms with Crippen LogP contribution in [0.5, 0.6) is 0 Å². The van der Waals surface area contributed by atoms with E-state index in [4.69, 9.17) is 0 Å². The molecule has 0 atom stereocenters. The Kier molecular flexibility index (Phi) is 4.99. The first-order chi connectivity index (χ1) is 11.2. The Hall–Kier alpha value is -2.25. The van der Waals surface area contributed by atoms with Crippen molar-refractivity contribution in [3.05, 3.63) is 53.7 Å². The van der Waals surface area contributed by atoms with E-state index < -0.39 is 0 Å². The number of nitrogens with zero attached hydrogens (tertiary/aromatic N) is 3. The molecule has 0 aliphatic carbocycles. The van der Waals surface area contributed by atoms with Crippen LogP contribution in [0.1, 0.15) is 5.69 Å². The number of aromatic nitrogens is 3. The lowest BCUT2D eigenvalue weighted by Crippen LogP contribution is -2.14. The summed E-state index contributed by atoms with van der Waals surface area (Å²) in [5.74, 6) is 0.137. The number of carbonyl (C=O) groups is 1. The van der Waals surface area contributed by atoms with Gasteiger partial charge in [0.2, 0.25) is 5.91 Å². The molecule has 0 radical (unpaired) electrons. The summed E-state index contributed by atoms with van der Waals surface area (Å²) in [6.45, 7) is 1.90. The van der Waals surface area contributed by atoms with Crippen molar-refractivity contribution in [3.63, 3.8) is 0 Å². The monoisotopic (exact) mass is 342 g/mol. The minimum absolute atomic E-state index is 0.117. The standard InChI is InChI=1S/C16H14N4OS2/c1-11-7-8-17-15(18-11)23-10-14(21)20-16-19-13(9-22-16)12-5-3-2-4-6-12/h2-9H,10H2,1H3,(H,19,20,21). The molecule has 3 aromatic rings. The Morgan fingerprint density at radius 1 is 1.22 bits per heavy atom. The number of anilines is 1. The predicted molar refractivity (Wildman–Crippen MR) is 93.7 cm³/mol. The van der Waals surface area contributed by atoms with E-state index in [1.54, 1.807) is 6.20 Å². The largest absolute Gasteiger partial charge is 0.301 e. The fourth-order valence-electron chi connectivity index (χ4n) is 1.85. The molecular formula is C16H14N4OS2. The highest BCUT2D eigenvalue weighted by molar-refractivity contribution is 7.99. The molecule has 3 rings (SSSR count). The van der Waals surface area contributed by atoms with Gasteiger partial charge >= 0.3 is 0 Å². The van der Waals surface area contributed by atoms with Gasteiger partial charge in [0.1, 0.15) is 0 Å². The lowest BCUT2D eigenvalue weighted by Gasteiger charge is -2.01. The van der Waals surface area contributed by atoms with Crippen LogP contribution in [0.3, 0.4) is 0 Å². The molecule has 116 valence electrons. The highest BCUT2D eigenvalue weighted by Crippen LogP contribution is 2.24. The van der Waals surface area contributed by atoms with Crippen LogP contribution in [-0.4, -0.2) is 26.6 Å². The van der Waals surface area contributed by atoms with Crippen molar-refractivity contribution in [3.8, 4) is 11.3 Å². The molecule has 0 aliphatic rings. The summed E-state index contributed by atoms with van der Waals surface area (Å²) in [6, 6.07) is 11.7. The maximum atomic E-state index is 12.0. The van der Waals surface area contributed by atoms with Gasteiger partial charge in [0.15, 0.2) is 10.3 Å². The lowest BCUT2D eigenvalue weighted by molar-refractivity contribution is -0.113. The molecule has 0 aliphatic heterocycles. The zero-order chi connectivity index (χ0) is 16.1. The van der Waals surface area contributed by atoms with E-state index in [9.17, 15) is 4.79 Å². The highest BCUT2D eigenvalue weighted by atomic mass is 32.2. The molecule has 0 saturated heterocycles. The Morgan fingerprint density at radius 2 is 2.04 bits per heavy atom. The smallest absolute Gasteiger partial charge is 0.236 e. The second-order valence-corrected chi connectivity index (χ2v) is 6.52. The topological polar surface area (TPSA) is 67.8 Å². The average molecular weight is 342 g/mol. The molecule has 1 amide bonds. The molecule has 2 heterocycles. The third kappa shape index (κ3) is 4.37. The molecule has 2 aromatic heterocycles. The Balaban J connectivity index is 1.57. The number of hydrogen-bond donors (Lipinski definition) is 1. The zero-order valence-corrected chi connectivity index (χ0v) is 14.0. The average Bonchev–Trinajstić information content (AvgIpc) is 3.02. The van der Waals surface area contributed by atoms with Crippen molar-refractivity contribution in [1.29, 1.82) is 0 Å². The van der Waals surface area contributed by atoms with Crippen molar-refractivity contribution >= 4 is 34.1 Å². The molecule has 1 aromatic carbocycles. The normalized spacial score (nSPS) is 10.5. The number of thioether (sulfide) groups is 1. The molecule has 0 spiro atoms. The van der Waals surface area contributed by atoms with E-state index in [0.717, 1.165) is 17.0 Å². The number of rotatable bonds is 5. The summed E-state index contributed by atoms with van der Waals surface area (Å²) in [5, 5.41) is 5.94. The number of thiazole rings is 1. The van der Waals surface area contributed by atoms with Crippen molar-refractivity contribution < 1.29 is 4.79 Å². The Bertz CT molecular complexity index is 805. The van der Waals surface area contributed by atoms with Gasteiger partial charge in [-0.15, -0.1) is 11.3 Å². The van der Waals surface area contributed by atoms with Crippen molar-refractivity contribution in [2.24, 2.45) is 0 Å². The van der Waals surface area contributed by atoms with Gasteiger partial charge in [-0.25, -0.2) is 15.0 Å². The summed E-state index contributed by atoms with van der Waals surface area (Å²) < 4.78 is 0. The van der Waals surface area contributed by atoms with Crippen molar-refractivity contribution in [1.82, 2.24) is 15.0 Å². The molecule has 23 heavy (non-hydrogen) atoms. The van der Waals surface area contributed by atoms with E-state index in [2.05, 4.69) is 20.3 Å². The van der Waals surface area contributed by atoms with Crippen LogP contribution in [0.4, 0.5) is 5.13 Å². The summed E-state index contributed by atoms with van der Waals surface area (Å²) in [7, 11) is 0. The molecule has 1 N–H and O–H groups in total. The van der Waals surface area contributed by atoms with Gasteiger partial charge in [-0.2, -0.15) is 0 Å². The second kappa shape index (κ2) is 7.34. The maximum Gasteiger partial charge on any atom is 0.236 e. The van der Waals surface area contributed by atoms with Gasteiger partial charge in [0.05, 0.1) is 11.4 Å². The molecule has 0 saturated carbocycles. The SMILES string of the molecule is Cc1ccnc(SCC(=O)Nc2nc(-c3ccccc3)cs2)n1. The number of hydrogen-bond acceptors (Lipinski definition) is 6. The van der Waals surface area contributed by atoms with Crippen LogP contribution in [0.25, 0.3) is 11.3 Å². The number of nitrogens with one attached hydrogen (secondary N) is 1. The molecule has 0 bridgehead atoms. The molecule has 7 heteroatoms. The van der Waals surface area contributed by atoms with Crippen LogP contribution in [0.15, 0.2) is 53.1 Å². The summed E-state index contributed by atoms with van der Waals surface area (Å²) in [4.78, 5) is 24.8. The quantitative estimate of drug-likeness (QED) is 0.566. The molecule has 0 fully saturated rings. The van der Waals surface area contributed by atoms with E-state index in [1.165, 1.54) is 23.1 Å². The van der Waals surface area contributed by atoms with Gasteiger partial charge in [-0.1, -0.05) is 42.1 Å². The van der Waals surface area contributed by atoms with Gasteiger partial charge in [-0.05, 0) is 13.0 Å². The first-order valence-corrected chi connectivity index (χ1v) is 8.80. The Morgan fingerprint density at radius 3 is 2.83 bits per heavy atom. The van der Waals surface area contributed by atoms with Crippen LogP contribution >= 0.6 is 23.1 Å². The van der Waals surface area contributed by atoms with Crippen molar-refractivity contribution in [2.45, 2.75) is 12.1 Å². The Labute approximate surface area is 142 Å². The zero-order valence-electron chi connectivity index (χ0n) is 12.4. The van der Waals surface area contributed by atoms with E-state index in [1.807, 2.05) is 48.7 Å². The van der Waals surface area contributed by atoms with Crippen LogP contribution < -0.4 is 5.32 Å². The minimum atomic E-state index is -0.117.